The lowest BCUT2D eigenvalue weighted by Gasteiger charge is -2.25. The summed E-state index contributed by atoms with van der Waals surface area (Å²) in [6, 6.07) is 12.1. The molecule has 3 rings (SSSR count). The zero-order valence-corrected chi connectivity index (χ0v) is 13.1. The fraction of sp³-hybridized carbons (Fsp3) is 0.375. The summed E-state index contributed by atoms with van der Waals surface area (Å²) in [4.78, 5) is 2.56. The van der Waals surface area contributed by atoms with Crippen LogP contribution < -0.4 is 4.72 Å². The third-order valence-electron chi connectivity index (χ3n) is 3.97. The molecule has 0 aliphatic carbocycles. The molecule has 2 aromatic rings. The maximum absolute atomic E-state index is 12.4. The number of rotatable bonds is 6. The zero-order chi connectivity index (χ0) is 15.4. The molecule has 1 unspecified atom stereocenters. The summed E-state index contributed by atoms with van der Waals surface area (Å²) in [5, 5.41) is 0. The second-order valence-corrected chi connectivity index (χ2v) is 7.21. The van der Waals surface area contributed by atoms with E-state index in [0.29, 0.717) is 6.54 Å². The molecule has 1 saturated heterocycles. The lowest BCUT2D eigenvalue weighted by Crippen LogP contribution is -2.36. The molecule has 1 atom stereocenters. The molecule has 5 nitrogen and oxygen atoms in total. The number of likely N-dealkylation sites (tertiary alicyclic amines) is 1. The third-order valence-corrected chi connectivity index (χ3v) is 5.41. The van der Waals surface area contributed by atoms with Crippen LogP contribution in [-0.4, -0.2) is 33.0 Å². The van der Waals surface area contributed by atoms with Crippen molar-refractivity contribution in [3.05, 3.63) is 54.5 Å². The van der Waals surface area contributed by atoms with Crippen molar-refractivity contribution in [3.8, 4) is 0 Å². The predicted octanol–water partition coefficient (Wildman–Crippen LogP) is 2.40. The van der Waals surface area contributed by atoms with Gasteiger partial charge in [-0.25, -0.2) is 13.1 Å². The van der Waals surface area contributed by atoms with E-state index in [4.69, 9.17) is 4.42 Å². The Morgan fingerprint density at radius 1 is 1.09 bits per heavy atom. The predicted molar refractivity (Wildman–Crippen MR) is 83.9 cm³/mol. The third kappa shape index (κ3) is 3.40. The largest absolute Gasteiger partial charge is 0.468 e. The van der Waals surface area contributed by atoms with Crippen molar-refractivity contribution in [2.75, 3.05) is 19.6 Å². The lowest BCUT2D eigenvalue weighted by atomic mass is 10.2. The highest BCUT2D eigenvalue weighted by atomic mass is 32.2. The van der Waals surface area contributed by atoms with Crippen LogP contribution in [0.4, 0.5) is 0 Å². The summed E-state index contributed by atoms with van der Waals surface area (Å²) in [5.74, 6) is 0.803. The van der Waals surface area contributed by atoms with Crippen LogP contribution in [0.3, 0.4) is 0 Å². The molecule has 0 bridgehead atoms. The Hall–Kier alpha value is -1.63. The smallest absolute Gasteiger partial charge is 0.240 e. The molecule has 6 heteroatoms. The quantitative estimate of drug-likeness (QED) is 0.888. The molecule has 0 spiro atoms. The molecule has 0 amide bonds. The number of hydrogen-bond donors (Lipinski definition) is 1. The number of benzene rings is 1. The minimum Gasteiger partial charge on any atom is -0.468 e. The van der Waals surface area contributed by atoms with Crippen LogP contribution in [0.1, 0.15) is 24.6 Å². The van der Waals surface area contributed by atoms with E-state index in [1.807, 2.05) is 12.1 Å². The van der Waals surface area contributed by atoms with E-state index < -0.39 is 10.0 Å². The van der Waals surface area contributed by atoms with Crippen LogP contribution in [0, 0.1) is 0 Å². The van der Waals surface area contributed by atoms with Gasteiger partial charge in [0.1, 0.15) is 5.76 Å². The maximum Gasteiger partial charge on any atom is 0.240 e. The van der Waals surface area contributed by atoms with Gasteiger partial charge < -0.3 is 4.42 Å². The van der Waals surface area contributed by atoms with Crippen molar-refractivity contribution in [3.63, 3.8) is 0 Å². The van der Waals surface area contributed by atoms with Gasteiger partial charge in [-0.05, 0) is 50.2 Å². The number of sulfonamides is 1. The van der Waals surface area contributed by atoms with Crippen molar-refractivity contribution in [1.29, 1.82) is 0 Å². The Morgan fingerprint density at radius 3 is 2.45 bits per heavy atom. The Bertz CT molecular complexity index is 677. The van der Waals surface area contributed by atoms with E-state index in [-0.39, 0.29) is 10.9 Å². The van der Waals surface area contributed by atoms with Crippen molar-refractivity contribution in [2.45, 2.75) is 23.8 Å². The first kappa shape index (κ1) is 15.3. The van der Waals surface area contributed by atoms with Gasteiger partial charge >= 0.3 is 0 Å². The van der Waals surface area contributed by atoms with Gasteiger partial charge in [-0.3, -0.25) is 4.90 Å². The van der Waals surface area contributed by atoms with Gasteiger partial charge in [0.15, 0.2) is 0 Å². The van der Waals surface area contributed by atoms with Gasteiger partial charge in [0.25, 0.3) is 0 Å². The SMILES string of the molecule is O=S(=O)(NCC(c1ccco1)N1CCCC1)c1ccccc1. The van der Waals surface area contributed by atoms with Crippen LogP contribution in [0.5, 0.6) is 0 Å². The van der Waals surface area contributed by atoms with Gasteiger partial charge in [0.2, 0.25) is 10.0 Å². The standard InChI is InChI=1S/C16H20N2O3S/c19-22(20,14-7-2-1-3-8-14)17-13-15(16-9-6-12-21-16)18-10-4-5-11-18/h1-3,6-9,12,15,17H,4-5,10-11,13H2. The van der Waals surface area contributed by atoms with Crippen LogP contribution in [0.15, 0.2) is 58.0 Å². The van der Waals surface area contributed by atoms with Crippen molar-refractivity contribution in [1.82, 2.24) is 9.62 Å². The van der Waals surface area contributed by atoms with Gasteiger partial charge in [0.05, 0.1) is 17.2 Å². The fourth-order valence-electron chi connectivity index (χ4n) is 2.82. The summed E-state index contributed by atoms with van der Waals surface area (Å²) in [6.45, 7) is 2.25. The summed E-state index contributed by atoms with van der Waals surface area (Å²) in [7, 11) is -3.49. The highest BCUT2D eigenvalue weighted by Crippen LogP contribution is 2.25. The maximum atomic E-state index is 12.4. The number of hydrogen-bond acceptors (Lipinski definition) is 4. The van der Waals surface area contributed by atoms with Crippen LogP contribution in [0.2, 0.25) is 0 Å². The normalized spacial score (nSPS) is 17.6. The summed E-state index contributed by atoms with van der Waals surface area (Å²) in [6.07, 6.45) is 3.91. The van der Waals surface area contributed by atoms with E-state index in [0.717, 1.165) is 31.7 Å². The first-order valence-corrected chi connectivity index (χ1v) is 8.97. The number of furan rings is 1. The molecule has 0 radical (unpaired) electrons. The van der Waals surface area contributed by atoms with Crippen molar-refractivity contribution < 1.29 is 12.8 Å². The Labute approximate surface area is 131 Å². The highest BCUT2D eigenvalue weighted by molar-refractivity contribution is 7.89. The first-order chi connectivity index (χ1) is 10.7. The van der Waals surface area contributed by atoms with Gasteiger partial charge in [-0.15, -0.1) is 0 Å². The molecule has 1 aliphatic rings. The molecular weight excluding hydrogens is 300 g/mol. The number of nitrogens with one attached hydrogen (secondary N) is 1. The van der Waals surface area contributed by atoms with Gasteiger partial charge in [-0.1, -0.05) is 18.2 Å². The lowest BCUT2D eigenvalue weighted by molar-refractivity contribution is 0.216. The molecule has 118 valence electrons. The topological polar surface area (TPSA) is 62.6 Å². The second kappa shape index (κ2) is 6.64. The Balaban J connectivity index is 1.74. The van der Waals surface area contributed by atoms with E-state index in [2.05, 4.69) is 9.62 Å². The summed E-state index contributed by atoms with van der Waals surface area (Å²) >= 11 is 0. The summed E-state index contributed by atoms with van der Waals surface area (Å²) < 4.78 is 32.9. The first-order valence-electron chi connectivity index (χ1n) is 7.49. The molecular formula is C16H20N2O3S. The molecule has 1 aromatic heterocycles. The molecule has 1 N–H and O–H groups in total. The molecule has 2 heterocycles. The van der Waals surface area contributed by atoms with Crippen molar-refractivity contribution in [2.24, 2.45) is 0 Å². The monoisotopic (exact) mass is 320 g/mol. The fourth-order valence-corrected chi connectivity index (χ4v) is 3.87. The Kier molecular flexibility index (Phi) is 4.61. The van der Waals surface area contributed by atoms with Crippen LogP contribution >= 0.6 is 0 Å². The summed E-state index contributed by atoms with van der Waals surface area (Å²) in [5.41, 5.74) is 0. The second-order valence-electron chi connectivity index (χ2n) is 5.44. The van der Waals surface area contributed by atoms with E-state index >= 15 is 0 Å². The van der Waals surface area contributed by atoms with Gasteiger partial charge in [-0.2, -0.15) is 0 Å². The van der Waals surface area contributed by atoms with Crippen LogP contribution in [0.25, 0.3) is 0 Å². The molecule has 0 saturated carbocycles. The minimum atomic E-state index is -3.49. The van der Waals surface area contributed by atoms with Crippen molar-refractivity contribution >= 4 is 10.0 Å². The molecule has 1 aromatic carbocycles. The molecule has 1 aliphatic heterocycles. The molecule has 22 heavy (non-hydrogen) atoms. The Morgan fingerprint density at radius 2 is 1.82 bits per heavy atom. The average Bonchev–Trinajstić information content (AvgIpc) is 3.22. The van der Waals surface area contributed by atoms with E-state index in [1.165, 1.54) is 0 Å². The average molecular weight is 320 g/mol. The zero-order valence-electron chi connectivity index (χ0n) is 12.3. The van der Waals surface area contributed by atoms with E-state index in [9.17, 15) is 8.42 Å². The van der Waals surface area contributed by atoms with Crippen LogP contribution in [-0.2, 0) is 10.0 Å². The van der Waals surface area contributed by atoms with E-state index in [1.54, 1.807) is 36.6 Å². The molecule has 1 fully saturated rings. The minimum absolute atomic E-state index is 0.0593. The van der Waals surface area contributed by atoms with Gasteiger partial charge in [0, 0.05) is 6.54 Å². The highest BCUT2D eigenvalue weighted by Gasteiger charge is 2.27. The number of nitrogens with zero attached hydrogens (tertiary/aromatic N) is 1.